The fraction of sp³-hybridized carbons (Fsp3) is 0.250. The lowest BCUT2D eigenvalue weighted by molar-refractivity contribution is -0.138. The van der Waals surface area contributed by atoms with E-state index in [1.165, 1.54) is 37.2 Å². The van der Waals surface area contributed by atoms with Crippen LogP contribution < -0.4 is 14.5 Å². The summed E-state index contributed by atoms with van der Waals surface area (Å²) in [6.07, 6.45) is 2.44. The minimum Gasteiger partial charge on any atom is -0.438 e. The van der Waals surface area contributed by atoms with Crippen molar-refractivity contribution >= 4 is 35.0 Å². The van der Waals surface area contributed by atoms with Gasteiger partial charge in [0.25, 0.3) is 5.91 Å². The van der Waals surface area contributed by atoms with Crippen LogP contribution >= 0.6 is 12.2 Å². The van der Waals surface area contributed by atoms with Crippen molar-refractivity contribution in [2.45, 2.75) is 31.0 Å². The van der Waals surface area contributed by atoms with Gasteiger partial charge >= 0.3 is 6.18 Å². The van der Waals surface area contributed by atoms with Gasteiger partial charge in [-0.3, -0.25) is 9.78 Å². The number of benzene rings is 1. The van der Waals surface area contributed by atoms with Crippen molar-refractivity contribution in [1.29, 1.82) is 5.26 Å². The van der Waals surface area contributed by atoms with Crippen LogP contribution in [0.1, 0.15) is 30.5 Å². The van der Waals surface area contributed by atoms with E-state index in [1.54, 1.807) is 29.2 Å². The van der Waals surface area contributed by atoms with Gasteiger partial charge in [0.1, 0.15) is 17.4 Å². The zero-order valence-electron chi connectivity index (χ0n) is 18.9. The summed E-state index contributed by atoms with van der Waals surface area (Å²) < 4.78 is 45.9. The van der Waals surface area contributed by atoms with Crippen LogP contribution in [0, 0.1) is 11.3 Å². The highest BCUT2D eigenvalue weighted by Gasteiger charge is 2.50. The zero-order chi connectivity index (χ0) is 25.9. The topological polar surface area (TPSA) is 95.2 Å². The number of halogens is 3. The molecule has 1 saturated carbocycles. The number of rotatable bonds is 7. The molecule has 184 valence electrons. The number of nitriles is 1. The SMILES string of the molecule is CN(C(=O)C1(N(C=S)c2ccc(Oc3cnccn3)cc2)CCC1)c1cnc(C#N)c(C(F)(F)F)c1. The summed E-state index contributed by atoms with van der Waals surface area (Å²) in [5.74, 6) is 0.380. The van der Waals surface area contributed by atoms with Crippen LogP contribution in [-0.4, -0.2) is 38.9 Å². The van der Waals surface area contributed by atoms with Crippen LogP contribution in [0.25, 0.3) is 0 Å². The van der Waals surface area contributed by atoms with Crippen molar-refractivity contribution in [2.75, 3.05) is 16.8 Å². The van der Waals surface area contributed by atoms with E-state index in [4.69, 9.17) is 22.2 Å². The molecule has 8 nitrogen and oxygen atoms in total. The molecule has 1 fully saturated rings. The Balaban J connectivity index is 1.61. The lowest BCUT2D eigenvalue weighted by Gasteiger charge is -2.49. The maximum Gasteiger partial charge on any atom is 0.419 e. The zero-order valence-corrected chi connectivity index (χ0v) is 19.8. The number of carbonyl (C=O) groups is 1. The number of thiocarbonyl (C=S) groups is 1. The molecule has 36 heavy (non-hydrogen) atoms. The molecule has 1 amide bonds. The number of hydrogen-bond acceptors (Lipinski definition) is 7. The lowest BCUT2D eigenvalue weighted by atomic mass is 9.74. The third kappa shape index (κ3) is 4.70. The van der Waals surface area contributed by atoms with E-state index < -0.39 is 28.9 Å². The van der Waals surface area contributed by atoms with Crippen LogP contribution in [0.15, 0.2) is 55.1 Å². The summed E-state index contributed by atoms with van der Waals surface area (Å²) >= 11 is 5.25. The molecule has 4 rings (SSSR count). The minimum atomic E-state index is -4.79. The number of nitrogens with zero attached hydrogens (tertiary/aromatic N) is 6. The average molecular weight is 513 g/mol. The first kappa shape index (κ1) is 25.0. The molecule has 2 aromatic heterocycles. The van der Waals surface area contributed by atoms with E-state index in [0.717, 1.165) is 23.6 Å². The van der Waals surface area contributed by atoms with Gasteiger partial charge in [-0.05, 0) is 49.6 Å². The predicted octanol–water partition coefficient (Wildman–Crippen LogP) is 4.90. The van der Waals surface area contributed by atoms with Gasteiger partial charge in [-0.2, -0.15) is 18.4 Å². The number of alkyl halides is 3. The van der Waals surface area contributed by atoms with Gasteiger partial charge in [0, 0.05) is 25.1 Å². The lowest BCUT2D eigenvalue weighted by Crippen LogP contribution is -2.63. The monoisotopic (exact) mass is 512 g/mol. The molecule has 0 atom stereocenters. The molecular weight excluding hydrogens is 493 g/mol. The van der Waals surface area contributed by atoms with Gasteiger partial charge in [0.2, 0.25) is 5.88 Å². The Kier molecular flexibility index (Phi) is 6.85. The molecule has 0 spiro atoms. The molecule has 0 bridgehead atoms. The van der Waals surface area contributed by atoms with E-state index in [0.29, 0.717) is 30.2 Å². The highest BCUT2D eigenvalue weighted by molar-refractivity contribution is 7.79. The molecule has 0 aliphatic heterocycles. The number of likely N-dealkylation sites (N-methyl/N-ethyl adjacent to an activating group) is 1. The first-order valence-electron chi connectivity index (χ1n) is 10.7. The van der Waals surface area contributed by atoms with Crippen LogP contribution in [0.3, 0.4) is 0 Å². The van der Waals surface area contributed by atoms with E-state index in [9.17, 15) is 18.0 Å². The van der Waals surface area contributed by atoms with Gasteiger partial charge in [0.15, 0.2) is 5.69 Å². The highest BCUT2D eigenvalue weighted by atomic mass is 32.1. The molecule has 0 radical (unpaired) electrons. The second-order valence-corrected chi connectivity index (χ2v) is 8.27. The van der Waals surface area contributed by atoms with Crippen molar-refractivity contribution in [3.8, 4) is 17.7 Å². The third-order valence-corrected chi connectivity index (χ3v) is 6.21. The Morgan fingerprint density at radius 1 is 1.17 bits per heavy atom. The highest BCUT2D eigenvalue weighted by Crippen LogP contribution is 2.43. The number of anilines is 2. The smallest absolute Gasteiger partial charge is 0.419 e. The maximum absolute atomic E-state index is 13.6. The fourth-order valence-corrected chi connectivity index (χ4v) is 4.31. The van der Waals surface area contributed by atoms with Gasteiger partial charge in [0.05, 0.1) is 29.1 Å². The summed E-state index contributed by atoms with van der Waals surface area (Å²) in [6, 6.07) is 9.04. The number of aromatic nitrogens is 3. The van der Waals surface area contributed by atoms with Crippen molar-refractivity contribution in [3.05, 3.63) is 66.4 Å². The standard InChI is InChI=1S/C24H19F3N6O2S/c1-32(17-11-19(24(25,26)27)20(12-28)31-13-17)22(34)23(7-2-8-23)33(15-36)16-3-5-18(6-4-16)35-21-14-29-9-10-30-21/h3-6,9-11,13-15H,2,7-8H2,1H3. The Hall–Kier alpha value is -4.11. The van der Waals surface area contributed by atoms with Gasteiger partial charge < -0.3 is 14.5 Å². The normalized spacial score (nSPS) is 14.2. The Morgan fingerprint density at radius 2 is 1.89 bits per heavy atom. The molecule has 1 aliphatic carbocycles. The molecule has 0 unspecified atom stereocenters. The molecule has 12 heteroatoms. The summed E-state index contributed by atoms with van der Waals surface area (Å²) in [6.45, 7) is 0. The van der Waals surface area contributed by atoms with Crippen molar-refractivity contribution in [2.24, 2.45) is 0 Å². The molecule has 0 N–H and O–H groups in total. The largest absolute Gasteiger partial charge is 0.438 e. The second kappa shape index (κ2) is 9.87. The summed E-state index contributed by atoms with van der Waals surface area (Å²) in [5, 5.41) is 9.00. The van der Waals surface area contributed by atoms with E-state index >= 15 is 0 Å². The molecule has 1 aromatic carbocycles. The Labute approximate surface area is 210 Å². The number of amides is 1. The second-order valence-electron chi connectivity index (χ2n) is 8.06. The first-order chi connectivity index (χ1) is 17.2. The van der Waals surface area contributed by atoms with Crippen LogP contribution in [0.4, 0.5) is 24.5 Å². The molecule has 0 saturated heterocycles. The van der Waals surface area contributed by atoms with Crippen molar-refractivity contribution < 1.29 is 22.7 Å². The van der Waals surface area contributed by atoms with Gasteiger partial charge in [-0.25, -0.2) is 9.97 Å². The Bertz CT molecular complexity index is 1310. The predicted molar refractivity (Wildman–Crippen MR) is 129 cm³/mol. The first-order valence-corrected chi connectivity index (χ1v) is 11.2. The summed E-state index contributed by atoms with van der Waals surface area (Å²) in [7, 11) is 1.38. The van der Waals surface area contributed by atoms with E-state index in [-0.39, 0.29) is 5.69 Å². The van der Waals surface area contributed by atoms with E-state index in [2.05, 4.69) is 15.0 Å². The van der Waals surface area contributed by atoms with Gasteiger partial charge in [-0.1, -0.05) is 12.2 Å². The number of carbonyl (C=O) groups excluding carboxylic acids is 1. The Morgan fingerprint density at radius 3 is 2.42 bits per heavy atom. The summed E-state index contributed by atoms with van der Waals surface area (Å²) in [5.41, 5.74) is -1.12. The molecule has 3 aromatic rings. The van der Waals surface area contributed by atoms with E-state index in [1.807, 2.05) is 0 Å². The van der Waals surface area contributed by atoms with Crippen molar-refractivity contribution in [3.63, 3.8) is 0 Å². The van der Waals surface area contributed by atoms with Gasteiger partial charge in [-0.15, -0.1) is 0 Å². The number of hydrogen-bond donors (Lipinski definition) is 0. The van der Waals surface area contributed by atoms with Crippen LogP contribution in [0.5, 0.6) is 11.6 Å². The minimum absolute atomic E-state index is 0.0744. The quantitative estimate of drug-likeness (QED) is 0.413. The van der Waals surface area contributed by atoms with Crippen molar-refractivity contribution in [1.82, 2.24) is 15.0 Å². The maximum atomic E-state index is 13.6. The van der Waals surface area contributed by atoms with Crippen LogP contribution in [0.2, 0.25) is 0 Å². The molecule has 2 heterocycles. The third-order valence-electron chi connectivity index (χ3n) is 6.00. The average Bonchev–Trinajstić information content (AvgIpc) is 2.85. The number of pyridine rings is 1. The fourth-order valence-electron chi connectivity index (χ4n) is 3.98. The van der Waals surface area contributed by atoms with Crippen LogP contribution in [-0.2, 0) is 11.0 Å². The number of ether oxygens (including phenoxy) is 1. The molecule has 1 aliphatic rings. The molecular formula is C24H19F3N6O2S. The summed E-state index contributed by atoms with van der Waals surface area (Å²) in [4.78, 5) is 28.0.